The Hall–Kier alpha value is -2.37. The Balaban J connectivity index is 2.30. The highest BCUT2D eigenvalue weighted by Crippen LogP contribution is 2.26. The molecule has 4 nitrogen and oxygen atoms in total. The number of hydrogen-bond acceptors (Lipinski definition) is 4. The van der Waals surface area contributed by atoms with Crippen LogP contribution in [0.3, 0.4) is 0 Å². The summed E-state index contributed by atoms with van der Waals surface area (Å²) < 4.78 is 32.8. The van der Waals surface area contributed by atoms with Gasteiger partial charge in [-0.15, -0.1) is 0 Å². The summed E-state index contributed by atoms with van der Waals surface area (Å²) >= 11 is 0. The molecule has 2 aromatic rings. The number of halogens is 2. The van der Waals surface area contributed by atoms with E-state index in [0.717, 1.165) is 12.1 Å². The van der Waals surface area contributed by atoms with Crippen LogP contribution < -0.4 is 15.8 Å². The standard InChI is InChI=1S/C15H17F2N3O/c1-8(2)21-15-12(18)4-5-14(20-15)19-13-7-10(16)9(3)6-11(13)17/h4-8H,18H2,1-3H3,(H,19,20). The Bertz CT molecular complexity index is 660. The fraction of sp³-hybridized carbons (Fsp3) is 0.267. The number of rotatable bonds is 4. The number of anilines is 3. The number of nitrogens with zero attached hydrogens (tertiary/aromatic N) is 1. The molecule has 0 saturated heterocycles. The van der Waals surface area contributed by atoms with Gasteiger partial charge in [-0.2, -0.15) is 4.98 Å². The molecule has 0 aliphatic rings. The Morgan fingerprint density at radius 3 is 2.57 bits per heavy atom. The predicted octanol–water partition coefficient (Wildman–Crippen LogP) is 3.78. The largest absolute Gasteiger partial charge is 0.473 e. The quantitative estimate of drug-likeness (QED) is 0.900. The maximum Gasteiger partial charge on any atom is 0.239 e. The molecule has 0 radical (unpaired) electrons. The molecule has 1 aromatic carbocycles. The van der Waals surface area contributed by atoms with E-state index >= 15 is 0 Å². The zero-order chi connectivity index (χ0) is 15.6. The van der Waals surface area contributed by atoms with Gasteiger partial charge in [-0.3, -0.25) is 0 Å². The van der Waals surface area contributed by atoms with Crippen molar-refractivity contribution in [3.05, 3.63) is 41.5 Å². The zero-order valence-corrected chi connectivity index (χ0v) is 12.1. The summed E-state index contributed by atoms with van der Waals surface area (Å²) in [4.78, 5) is 4.15. The Morgan fingerprint density at radius 1 is 1.19 bits per heavy atom. The molecule has 0 atom stereocenters. The van der Waals surface area contributed by atoms with Crippen molar-refractivity contribution < 1.29 is 13.5 Å². The lowest BCUT2D eigenvalue weighted by molar-refractivity contribution is 0.234. The van der Waals surface area contributed by atoms with Crippen molar-refractivity contribution in [3.63, 3.8) is 0 Å². The maximum atomic E-state index is 13.8. The van der Waals surface area contributed by atoms with E-state index in [1.165, 1.54) is 6.92 Å². The number of nitrogens with one attached hydrogen (secondary N) is 1. The van der Waals surface area contributed by atoms with E-state index < -0.39 is 11.6 Å². The highest BCUT2D eigenvalue weighted by Gasteiger charge is 2.10. The lowest BCUT2D eigenvalue weighted by Crippen LogP contribution is -2.10. The molecule has 0 amide bonds. The van der Waals surface area contributed by atoms with E-state index in [1.54, 1.807) is 12.1 Å². The van der Waals surface area contributed by atoms with Gasteiger partial charge in [-0.1, -0.05) is 0 Å². The van der Waals surface area contributed by atoms with E-state index in [1.807, 2.05) is 13.8 Å². The smallest absolute Gasteiger partial charge is 0.239 e. The second kappa shape index (κ2) is 5.95. The van der Waals surface area contributed by atoms with Crippen LogP contribution in [-0.2, 0) is 0 Å². The van der Waals surface area contributed by atoms with Crippen LogP contribution in [0.2, 0.25) is 0 Å². The van der Waals surface area contributed by atoms with Crippen molar-refractivity contribution in [2.75, 3.05) is 11.1 Å². The number of benzene rings is 1. The molecule has 1 aromatic heterocycles. The van der Waals surface area contributed by atoms with Gasteiger partial charge in [0.25, 0.3) is 0 Å². The highest BCUT2D eigenvalue weighted by molar-refractivity contribution is 5.61. The summed E-state index contributed by atoms with van der Waals surface area (Å²) in [6.45, 7) is 5.19. The SMILES string of the molecule is Cc1cc(F)c(Nc2ccc(N)c(OC(C)C)n2)cc1F. The predicted molar refractivity (Wildman–Crippen MR) is 78.8 cm³/mol. The van der Waals surface area contributed by atoms with E-state index in [4.69, 9.17) is 10.5 Å². The monoisotopic (exact) mass is 293 g/mol. The van der Waals surface area contributed by atoms with Gasteiger partial charge in [0.2, 0.25) is 5.88 Å². The zero-order valence-electron chi connectivity index (χ0n) is 12.1. The fourth-order valence-corrected chi connectivity index (χ4v) is 1.72. The number of pyridine rings is 1. The maximum absolute atomic E-state index is 13.8. The molecule has 6 heteroatoms. The summed E-state index contributed by atoms with van der Waals surface area (Å²) in [6, 6.07) is 5.38. The average molecular weight is 293 g/mol. The third-order valence-electron chi connectivity index (χ3n) is 2.75. The minimum absolute atomic E-state index is 0.00543. The summed E-state index contributed by atoms with van der Waals surface area (Å²) in [7, 11) is 0. The summed E-state index contributed by atoms with van der Waals surface area (Å²) in [5.74, 6) is -0.475. The average Bonchev–Trinajstić information content (AvgIpc) is 2.39. The molecule has 0 spiro atoms. The van der Waals surface area contributed by atoms with Crippen LogP contribution >= 0.6 is 0 Å². The van der Waals surface area contributed by atoms with Gasteiger partial charge in [0.05, 0.1) is 17.5 Å². The van der Waals surface area contributed by atoms with Gasteiger partial charge >= 0.3 is 0 Å². The van der Waals surface area contributed by atoms with Crippen molar-refractivity contribution in [2.45, 2.75) is 26.9 Å². The third kappa shape index (κ3) is 3.59. The van der Waals surface area contributed by atoms with Crippen LogP contribution in [0.25, 0.3) is 0 Å². The second-order valence-corrected chi connectivity index (χ2v) is 4.96. The number of aryl methyl sites for hydroxylation is 1. The minimum atomic E-state index is -0.557. The van der Waals surface area contributed by atoms with E-state index in [0.29, 0.717) is 11.5 Å². The van der Waals surface area contributed by atoms with Gasteiger partial charge in [0.15, 0.2) is 0 Å². The molecular formula is C15H17F2N3O. The lowest BCUT2D eigenvalue weighted by atomic mass is 10.2. The molecule has 3 N–H and O–H groups in total. The van der Waals surface area contributed by atoms with Crippen LogP contribution in [-0.4, -0.2) is 11.1 Å². The van der Waals surface area contributed by atoms with E-state index in [-0.39, 0.29) is 23.2 Å². The van der Waals surface area contributed by atoms with Crippen LogP contribution in [0, 0.1) is 18.6 Å². The molecule has 0 bridgehead atoms. The Kier molecular flexibility index (Phi) is 4.26. The number of hydrogen-bond donors (Lipinski definition) is 2. The topological polar surface area (TPSA) is 60.2 Å². The number of aromatic nitrogens is 1. The number of nitrogen functional groups attached to an aromatic ring is 1. The van der Waals surface area contributed by atoms with Gasteiger partial charge < -0.3 is 15.8 Å². The Morgan fingerprint density at radius 2 is 1.90 bits per heavy atom. The van der Waals surface area contributed by atoms with Crippen LogP contribution in [0.1, 0.15) is 19.4 Å². The Labute approximate surface area is 122 Å². The molecule has 0 saturated carbocycles. The summed E-state index contributed by atoms with van der Waals surface area (Å²) in [5.41, 5.74) is 6.38. The summed E-state index contributed by atoms with van der Waals surface area (Å²) in [6.07, 6.45) is -0.0939. The van der Waals surface area contributed by atoms with Crippen molar-refractivity contribution in [3.8, 4) is 5.88 Å². The molecule has 112 valence electrons. The van der Waals surface area contributed by atoms with Crippen molar-refractivity contribution >= 4 is 17.2 Å². The molecule has 0 aliphatic heterocycles. The van der Waals surface area contributed by atoms with Gasteiger partial charge in [-0.25, -0.2) is 8.78 Å². The van der Waals surface area contributed by atoms with Crippen LogP contribution in [0.4, 0.5) is 26.0 Å². The van der Waals surface area contributed by atoms with Crippen molar-refractivity contribution in [2.24, 2.45) is 0 Å². The van der Waals surface area contributed by atoms with Gasteiger partial charge in [0, 0.05) is 6.07 Å². The fourth-order valence-electron chi connectivity index (χ4n) is 1.72. The first-order valence-electron chi connectivity index (χ1n) is 6.52. The molecule has 0 fully saturated rings. The first-order valence-corrected chi connectivity index (χ1v) is 6.52. The van der Waals surface area contributed by atoms with Gasteiger partial charge in [0.1, 0.15) is 17.5 Å². The normalized spacial score (nSPS) is 10.8. The number of nitrogens with two attached hydrogens (primary N) is 1. The van der Waals surface area contributed by atoms with Crippen LogP contribution in [0.15, 0.2) is 24.3 Å². The van der Waals surface area contributed by atoms with E-state index in [2.05, 4.69) is 10.3 Å². The van der Waals surface area contributed by atoms with Gasteiger partial charge in [-0.05, 0) is 44.5 Å². The number of ether oxygens (including phenoxy) is 1. The summed E-state index contributed by atoms with van der Waals surface area (Å²) in [5, 5.41) is 2.72. The molecule has 1 heterocycles. The minimum Gasteiger partial charge on any atom is -0.473 e. The van der Waals surface area contributed by atoms with E-state index in [9.17, 15) is 8.78 Å². The van der Waals surface area contributed by atoms with Crippen molar-refractivity contribution in [1.82, 2.24) is 4.98 Å². The second-order valence-electron chi connectivity index (χ2n) is 4.96. The molecular weight excluding hydrogens is 276 g/mol. The van der Waals surface area contributed by atoms with Crippen molar-refractivity contribution in [1.29, 1.82) is 0 Å². The molecule has 0 aliphatic carbocycles. The lowest BCUT2D eigenvalue weighted by Gasteiger charge is -2.13. The molecule has 2 rings (SSSR count). The first kappa shape index (κ1) is 15.0. The van der Waals surface area contributed by atoms with Crippen LogP contribution in [0.5, 0.6) is 5.88 Å². The highest BCUT2D eigenvalue weighted by atomic mass is 19.1. The third-order valence-corrected chi connectivity index (χ3v) is 2.75. The molecule has 21 heavy (non-hydrogen) atoms. The molecule has 0 unspecified atom stereocenters. The first-order chi connectivity index (χ1) is 9.86.